The minimum atomic E-state index is -0.977. The summed E-state index contributed by atoms with van der Waals surface area (Å²) < 4.78 is 23.8. The summed E-state index contributed by atoms with van der Waals surface area (Å²) in [5.41, 5.74) is 1.98. The molecule has 0 aliphatic heterocycles. The lowest BCUT2D eigenvalue weighted by Gasteiger charge is -2.16. The van der Waals surface area contributed by atoms with Crippen molar-refractivity contribution in [3.05, 3.63) is 58.9 Å². The van der Waals surface area contributed by atoms with Crippen LogP contribution in [0.1, 0.15) is 22.8 Å². The Morgan fingerprint density at radius 3 is 2.35 bits per heavy atom. The van der Waals surface area contributed by atoms with Gasteiger partial charge in [0.05, 0.1) is 14.2 Å². The molecule has 2 aromatic rings. The topological polar surface area (TPSA) is 38.7 Å². The van der Waals surface area contributed by atoms with Crippen LogP contribution in [0.25, 0.3) is 0 Å². The lowest BCUT2D eigenvalue weighted by atomic mass is 9.99. The van der Waals surface area contributed by atoms with Crippen LogP contribution < -0.4 is 9.47 Å². The Kier molecular flexibility index (Phi) is 4.25. The van der Waals surface area contributed by atoms with E-state index in [-0.39, 0.29) is 0 Å². The highest BCUT2D eigenvalue weighted by molar-refractivity contribution is 5.44. The maximum absolute atomic E-state index is 13.4. The zero-order valence-corrected chi connectivity index (χ0v) is 11.7. The average Bonchev–Trinajstić information content (AvgIpc) is 2.47. The molecule has 0 saturated heterocycles. The fourth-order valence-corrected chi connectivity index (χ4v) is 2.11. The van der Waals surface area contributed by atoms with Crippen molar-refractivity contribution in [2.75, 3.05) is 14.2 Å². The number of methoxy groups -OCH3 is 2. The predicted molar refractivity (Wildman–Crippen MR) is 74.7 cm³/mol. The quantitative estimate of drug-likeness (QED) is 0.931. The zero-order chi connectivity index (χ0) is 14.7. The molecule has 0 aliphatic carbocycles. The molecule has 1 N–H and O–H groups in total. The molecule has 106 valence electrons. The van der Waals surface area contributed by atoms with Crippen LogP contribution in [0, 0.1) is 12.7 Å². The number of hydrogen-bond donors (Lipinski definition) is 1. The largest absolute Gasteiger partial charge is 0.496 e. The third kappa shape index (κ3) is 2.75. The van der Waals surface area contributed by atoms with Gasteiger partial charge in [0.15, 0.2) is 0 Å². The number of aryl methyl sites for hydroxylation is 1. The maximum Gasteiger partial charge on any atom is 0.125 e. The summed E-state index contributed by atoms with van der Waals surface area (Å²) in [5, 5.41) is 10.4. The molecule has 0 radical (unpaired) electrons. The van der Waals surface area contributed by atoms with Gasteiger partial charge in [-0.05, 0) is 42.3 Å². The minimum Gasteiger partial charge on any atom is -0.496 e. The van der Waals surface area contributed by atoms with Gasteiger partial charge in [-0.25, -0.2) is 4.39 Å². The highest BCUT2D eigenvalue weighted by Gasteiger charge is 2.17. The van der Waals surface area contributed by atoms with Crippen molar-refractivity contribution in [3.63, 3.8) is 0 Å². The summed E-state index contributed by atoms with van der Waals surface area (Å²) in [6.07, 6.45) is -0.977. The van der Waals surface area contributed by atoms with Gasteiger partial charge in [-0.2, -0.15) is 0 Å². The normalized spacial score (nSPS) is 12.1. The minimum absolute atomic E-state index is 0.387. The molecule has 2 aromatic carbocycles. The molecule has 1 atom stereocenters. The van der Waals surface area contributed by atoms with Crippen molar-refractivity contribution in [1.82, 2.24) is 0 Å². The second-order valence-corrected chi connectivity index (χ2v) is 4.52. The predicted octanol–water partition coefficient (Wildman–Crippen LogP) is 3.23. The zero-order valence-electron chi connectivity index (χ0n) is 11.7. The third-order valence-electron chi connectivity index (χ3n) is 3.23. The van der Waals surface area contributed by atoms with E-state index in [1.165, 1.54) is 25.3 Å². The number of ether oxygens (including phenoxy) is 2. The van der Waals surface area contributed by atoms with Gasteiger partial charge >= 0.3 is 0 Å². The molecular formula is C16H17FO3. The van der Waals surface area contributed by atoms with E-state index < -0.39 is 11.9 Å². The van der Waals surface area contributed by atoms with E-state index in [2.05, 4.69) is 0 Å². The van der Waals surface area contributed by atoms with Crippen molar-refractivity contribution in [1.29, 1.82) is 0 Å². The second-order valence-electron chi connectivity index (χ2n) is 4.52. The molecule has 3 nitrogen and oxygen atoms in total. The van der Waals surface area contributed by atoms with Gasteiger partial charge in [0.2, 0.25) is 0 Å². The van der Waals surface area contributed by atoms with E-state index in [9.17, 15) is 9.50 Å². The Morgan fingerprint density at radius 1 is 1.00 bits per heavy atom. The van der Waals surface area contributed by atoms with Crippen LogP contribution in [0.3, 0.4) is 0 Å². The first-order chi connectivity index (χ1) is 9.56. The van der Waals surface area contributed by atoms with Crippen LogP contribution in [0.2, 0.25) is 0 Å². The molecule has 0 amide bonds. The third-order valence-corrected chi connectivity index (χ3v) is 3.23. The van der Waals surface area contributed by atoms with Crippen LogP contribution >= 0.6 is 0 Å². The fourth-order valence-electron chi connectivity index (χ4n) is 2.11. The first-order valence-electron chi connectivity index (χ1n) is 6.23. The lowest BCUT2D eigenvalue weighted by molar-refractivity contribution is 0.213. The summed E-state index contributed by atoms with van der Waals surface area (Å²) in [5.74, 6) is 0.703. The number of rotatable bonds is 4. The summed E-state index contributed by atoms with van der Waals surface area (Å²) in [7, 11) is 3.06. The SMILES string of the molecule is COc1cc(C(O)c2cc(F)ccc2OC)ccc1C. The van der Waals surface area contributed by atoms with E-state index in [1.807, 2.05) is 13.0 Å². The number of halogens is 1. The smallest absolute Gasteiger partial charge is 0.125 e. The fraction of sp³-hybridized carbons (Fsp3) is 0.250. The van der Waals surface area contributed by atoms with Gasteiger partial charge in [-0.3, -0.25) is 0 Å². The number of aliphatic hydroxyl groups excluding tert-OH is 1. The second kappa shape index (κ2) is 5.92. The molecule has 4 heteroatoms. The van der Waals surface area contributed by atoms with Gasteiger partial charge in [-0.1, -0.05) is 12.1 Å². The standard InChI is InChI=1S/C16H17FO3/c1-10-4-5-11(8-15(10)20-3)16(18)13-9-12(17)6-7-14(13)19-2/h4-9,16,18H,1-3H3. The van der Waals surface area contributed by atoms with Crippen molar-refractivity contribution in [2.24, 2.45) is 0 Å². The maximum atomic E-state index is 13.4. The first-order valence-corrected chi connectivity index (χ1v) is 6.23. The molecule has 0 bridgehead atoms. The monoisotopic (exact) mass is 276 g/mol. The number of aliphatic hydroxyl groups is 1. The molecule has 0 fully saturated rings. The Labute approximate surface area is 117 Å². The molecule has 0 aromatic heterocycles. The summed E-state index contributed by atoms with van der Waals surface area (Å²) in [6.45, 7) is 1.91. The number of benzene rings is 2. The Morgan fingerprint density at radius 2 is 1.70 bits per heavy atom. The summed E-state index contributed by atoms with van der Waals surface area (Å²) >= 11 is 0. The summed E-state index contributed by atoms with van der Waals surface area (Å²) in [6, 6.07) is 9.44. The van der Waals surface area contributed by atoms with Gasteiger partial charge in [-0.15, -0.1) is 0 Å². The molecule has 0 heterocycles. The van der Waals surface area contributed by atoms with Gasteiger partial charge in [0, 0.05) is 5.56 Å². The van der Waals surface area contributed by atoms with Crippen LogP contribution in [-0.2, 0) is 0 Å². The molecule has 1 unspecified atom stereocenters. The molecule has 0 saturated carbocycles. The van der Waals surface area contributed by atoms with Gasteiger partial charge < -0.3 is 14.6 Å². The first kappa shape index (κ1) is 14.3. The van der Waals surface area contributed by atoms with Gasteiger partial charge in [0.1, 0.15) is 23.4 Å². The van der Waals surface area contributed by atoms with Crippen molar-refractivity contribution < 1.29 is 19.0 Å². The summed E-state index contributed by atoms with van der Waals surface area (Å²) in [4.78, 5) is 0. The van der Waals surface area contributed by atoms with E-state index in [0.29, 0.717) is 22.6 Å². The van der Waals surface area contributed by atoms with E-state index in [4.69, 9.17) is 9.47 Å². The van der Waals surface area contributed by atoms with Crippen LogP contribution in [0.5, 0.6) is 11.5 Å². The average molecular weight is 276 g/mol. The van der Waals surface area contributed by atoms with E-state index >= 15 is 0 Å². The van der Waals surface area contributed by atoms with E-state index in [1.54, 1.807) is 19.2 Å². The van der Waals surface area contributed by atoms with E-state index in [0.717, 1.165) is 5.56 Å². The van der Waals surface area contributed by atoms with Gasteiger partial charge in [0.25, 0.3) is 0 Å². The lowest BCUT2D eigenvalue weighted by Crippen LogP contribution is -2.04. The highest BCUT2D eigenvalue weighted by Crippen LogP contribution is 2.32. The van der Waals surface area contributed by atoms with Crippen molar-refractivity contribution >= 4 is 0 Å². The Balaban J connectivity index is 2.45. The van der Waals surface area contributed by atoms with Crippen LogP contribution in [-0.4, -0.2) is 19.3 Å². The molecule has 0 aliphatic rings. The highest BCUT2D eigenvalue weighted by atomic mass is 19.1. The van der Waals surface area contributed by atoms with Crippen molar-refractivity contribution in [2.45, 2.75) is 13.0 Å². The molecular weight excluding hydrogens is 259 g/mol. The van der Waals surface area contributed by atoms with Crippen molar-refractivity contribution in [3.8, 4) is 11.5 Å². The number of hydrogen-bond acceptors (Lipinski definition) is 3. The molecule has 20 heavy (non-hydrogen) atoms. The Bertz CT molecular complexity index is 611. The molecule has 2 rings (SSSR count). The van der Waals surface area contributed by atoms with Crippen LogP contribution in [0.15, 0.2) is 36.4 Å². The van der Waals surface area contributed by atoms with Crippen LogP contribution in [0.4, 0.5) is 4.39 Å². The Hall–Kier alpha value is -2.07. The molecule has 0 spiro atoms.